The van der Waals surface area contributed by atoms with Crippen molar-refractivity contribution >= 4 is 25.0 Å². The fourth-order valence-corrected chi connectivity index (χ4v) is 3.67. The predicted octanol–water partition coefficient (Wildman–Crippen LogP) is 6.30. The van der Waals surface area contributed by atoms with Crippen molar-refractivity contribution in [2.45, 2.75) is 0 Å². The molecule has 0 unspecified atom stereocenters. The molecule has 1 N–H and O–H groups in total. The standard InChI is InChI=1S/C18H13ClF2NO3P/c19-13-6-5-7-14(12-13)22-26(23,24-17-10-3-1-8-15(17)20)25-18-11-4-2-9-16(18)21/h1-12H,(H,22,23). The molecule has 3 aromatic carbocycles. The van der Waals surface area contributed by atoms with Gasteiger partial charge < -0.3 is 9.05 Å². The first-order chi connectivity index (χ1) is 12.5. The maximum absolute atomic E-state index is 13.9. The molecule has 134 valence electrons. The first-order valence-corrected chi connectivity index (χ1v) is 9.39. The second-order valence-corrected chi connectivity index (χ2v) is 7.18. The van der Waals surface area contributed by atoms with E-state index < -0.39 is 19.4 Å². The van der Waals surface area contributed by atoms with Gasteiger partial charge in [-0.25, -0.2) is 13.3 Å². The average molecular weight is 396 g/mol. The molecule has 0 spiro atoms. The van der Waals surface area contributed by atoms with E-state index in [9.17, 15) is 13.3 Å². The molecule has 8 heteroatoms. The molecule has 4 nitrogen and oxygen atoms in total. The minimum Gasteiger partial charge on any atom is -0.397 e. The smallest absolute Gasteiger partial charge is 0.397 e. The highest BCUT2D eigenvalue weighted by molar-refractivity contribution is 7.56. The van der Waals surface area contributed by atoms with Crippen LogP contribution < -0.4 is 14.1 Å². The highest BCUT2D eigenvalue weighted by Gasteiger charge is 2.31. The Morgan fingerprint density at radius 3 is 1.85 bits per heavy atom. The minimum absolute atomic E-state index is 0.300. The van der Waals surface area contributed by atoms with E-state index in [0.29, 0.717) is 10.7 Å². The molecule has 0 heterocycles. The Morgan fingerprint density at radius 1 is 0.808 bits per heavy atom. The minimum atomic E-state index is -4.25. The van der Waals surface area contributed by atoms with Crippen molar-refractivity contribution in [2.75, 3.05) is 5.09 Å². The SMILES string of the molecule is O=P(Nc1cccc(Cl)c1)(Oc1ccccc1F)Oc1ccccc1F. The van der Waals surface area contributed by atoms with Crippen molar-refractivity contribution < 1.29 is 22.4 Å². The van der Waals surface area contributed by atoms with Crippen LogP contribution in [-0.4, -0.2) is 0 Å². The summed E-state index contributed by atoms with van der Waals surface area (Å²) in [6.45, 7) is 0. The number of hydrogen-bond acceptors (Lipinski definition) is 3. The van der Waals surface area contributed by atoms with E-state index in [1.54, 1.807) is 18.2 Å². The monoisotopic (exact) mass is 395 g/mol. The van der Waals surface area contributed by atoms with E-state index in [1.165, 1.54) is 42.5 Å². The van der Waals surface area contributed by atoms with Gasteiger partial charge in [0.1, 0.15) is 0 Å². The molecule has 3 aromatic rings. The van der Waals surface area contributed by atoms with Crippen LogP contribution >= 0.6 is 19.3 Å². The number of nitrogens with one attached hydrogen (secondary N) is 1. The summed E-state index contributed by atoms with van der Waals surface area (Å²) in [6, 6.07) is 17.0. The largest absolute Gasteiger partial charge is 0.541 e. The maximum Gasteiger partial charge on any atom is 0.541 e. The van der Waals surface area contributed by atoms with E-state index in [1.807, 2.05) is 0 Å². The average Bonchev–Trinajstić information content (AvgIpc) is 2.59. The third kappa shape index (κ3) is 4.54. The van der Waals surface area contributed by atoms with Crippen LogP contribution in [0.4, 0.5) is 14.5 Å². The topological polar surface area (TPSA) is 47.6 Å². The summed E-state index contributed by atoms with van der Waals surface area (Å²) < 4.78 is 51.6. The van der Waals surface area contributed by atoms with E-state index >= 15 is 0 Å². The van der Waals surface area contributed by atoms with Gasteiger partial charge in [-0.1, -0.05) is 41.9 Å². The van der Waals surface area contributed by atoms with Crippen molar-refractivity contribution in [3.8, 4) is 11.5 Å². The second kappa shape index (κ2) is 7.77. The zero-order chi connectivity index (χ0) is 18.6. The van der Waals surface area contributed by atoms with Gasteiger partial charge in [-0.2, -0.15) is 0 Å². The molecule has 0 aliphatic carbocycles. The Balaban J connectivity index is 1.96. The van der Waals surface area contributed by atoms with Crippen LogP contribution in [0.5, 0.6) is 11.5 Å². The van der Waals surface area contributed by atoms with Crippen molar-refractivity contribution in [1.29, 1.82) is 0 Å². The van der Waals surface area contributed by atoms with Crippen LogP contribution in [0.2, 0.25) is 5.02 Å². The predicted molar refractivity (Wildman–Crippen MR) is 96.7 cm³/mol. The fourth-order valence-electron chi connectivity index (χ4n) is 2.08. The molecule has 0 fully saturated rings. The molecule has 0 radical (unpaired) electrons. The van der Waals surface area contributed by atoms with Gasteiger partial charge in [-0.15, -0.1) is 0 Å². The van der Waals surface area contributed by atoms with E-state index in [-0.39, 0.29) is 11.5 Å². The van der Waals surface area contributed by atoms with Crippen molar-refractivity contribution in [3.05, 3.63) is 89.5 Å². The molecule has 0 saturated heterocycles. The summed E-state index contributed by atoms with van der Waals surface area (Å²) in [7, 11) is -4.25. The third-order valence-electron chi connectivity index (χ3n) is 3.20. The fraction of sp³-hybridized carbons (Fsp3) is 0. The number of rotatable bonds is 6. The lowest BCUT2D eigenvalue weighted by molar-refractivity contribution is 0.373. The lowest BCUT2D eigenvalue weighted by Crippen LogP contribution is -2.11. The highest BCUT2D eigenvalue weighted by Crippen LogP contribution is 2.49. The normalized spacial score (nSPS) is 11.0. The molecule has 0 bridgehead atoms. The van der Waals surface area contributed by atoms with Gasteiger partial charge in [0.05, 0.1) is 0 Å². The summed E-state index contributed by atoms with van der Waals surface area (Å²) >= 11 is 5.91. The van der Waals surface area contributed by atoms with Crippen LogP contribution in [0, 0.1) is 11.6 Å². The summed E-state index contributed by atoms with van der Waals surface area (Å²) in [6.07, 6.45) is 0. The molecule has 0 aliphatic rings. The zero-order valence-electron chi connectivity index (χ0n) is 13.2. The van der Waals surface area contributed by atoms with Gasteiger partial charge in [0.2, 0.25) is 0 Å². The Labute approximate surface area is 153 Å². The number of halogens is 3. The third-order valence-corrected chi connectivity index (χ3v) is 4.84. The van der Waals surface area contributed by atoms with Crippen molar-refractivity contribution in [2.24, 2.45) is 0 Å². The summed E-state index contributed by atoms with van der Waals surface area (Å²) in [4.78, 5) is 0. The lowest BCUT2D eigenvalue weighted by Gasteiger charge is -2.21. The molecule has 0 saturated carbocycles. The second-order valence-electron chi connectivity index (χ2n) is 5.16. The zero-order valence-corrected chi connectivity index (χ0v) is 14.9. The van der Waals surface area contributed by atoms with E-state index in [4.69, 9.17) is 20.6 Å². The van der Waals surface area contributed by atoms with Gasteiger partial charge in [0, 0.05) is 10.7 Å². The van der Waals surface area contributed by atoms with Crippen LogP contribution in [0.25, 0.3) is 0 Å². The molecule has 0 aliphatic heterocycles. The molecule has 0 amide bonds. The molecule has 3 rings (SSSR count). The first kappa shape index (κ1) is 18.2. The van der Waals surface area contributed by atoms with E-state index in [2.05, 4.69) is 5.09 Å². The molecule has 0 aromatic heterocycles. The van der Waals surface area contributed by atoms with Gasteiger partial charge in [-0.05, 0) is 42.5 Å². The Bertz CT molecular complexity index is 919. The van der Waals surface area contributed by atoms with E-state index in [0.717, 1.165) is 12.1 Å². The number of anilines is 1. The quantitative estimate of drug-likeness (QED) is 0.498. The van der Waals surface area contributed by atoms with Crippen molar-refractivity contribution in [3.63, 3.8) is 0 Å². The highest BCUT2D eigenvalue weighted by atomic mass is 35.5. The van der Waals surface area contributed by atoms with Crippen LogP contribution in [0.1, 0.15) is 0 Å². The molecular formula is C18H13ClF2NO3P. The number of para-hydroxylation sites is 2. The Kier molecular flexibility index (Phi) is 5.45. The molecule has 26 heavy (non-hydrogen) atoms. The first-order valence-electron chi connectivity index (χ1n) is 7.47. The maximum atomic E-state index is 13.9. The molecular weight excluding hydrogens is 383 g/mol. The van der Waals surface area contributed by atoms with Gasteiger partial charge in [0.25, 0.3) is 0 Å². The molecule has 0 atom stereocenters. The van der Waals surface area contributed by atoms with Crippen LogP contribution in [-0.2, 0) is 4.57 Å². The van der Waals surface area contributed by atoms with Gasteiger partial charge >= 0.3 is 7.75 Å². The number of hydrogen-bond donors (Lipinski definition) is 1. The number of benzene rings is 3. The van der Waals surface area contributed by atoms with Crippen molar-refractivity contribution in [1.82, 2.24) is 0 Å². The summed E-state index contributed by atoms with van der Waals surface area (Å²) in [5, 5.41) is 2.91. The Morgan fingerprint density at radius 2 is 1.35 bits per heavy atom. The lowest BCUT2D eigenvalue weighted by atomic mass is 10.3. The van der Waals surface area contributed by atoms with Gasteiger partial charge in [-0.3, -0.25) is 5.09 Å². The van der Waals surface area contributed by atoms with Gasteiger partial charge in [0.15, 0.2) is 23.1 Å². The summed E-state index contributed by atoms with van der Waals surface area (Å²) in [5.74, 6) is -2.08. The summed E-state index contributed by atoms with van der Waals surface area (Å²) in [5.41, 5.74) is 0.300. The Hall–Kier alpha value is -2.56. The van der Waals surface area contributed by atoms with Crippen LogP contribution in [0.15, 0.2) is 72.8 Å². The van der Waals surface area contributed by atoms with Crippen LogP contribution in [0.3, 0.4) is 0 Å².